The molecule has 5 heteroatoms. The molecule has 0 aliphatic rings. The molecule has 0 bridgehead atoms. The Bertz CT molecular complexity index is 738. The molecular formula is C18H16N4S. The molecule has 0 saturated carbocycles. The van der Waals surface area contributed by atoms with Gasteiger partial charge in [0.25, 0.3) is 0 Å². The van der Waals surface area contributed by atoms with Gasteiger partial charge in [0.2, 0.25) is 0 Å². The molecule has 0 radical (unpaired) electrons. The van der Waals surface area contributed by atoms with Crippen molar-refractivity contribution < 1.29 is 0 Å². The van der Waals surface area contributed by atoms with Crippen molar-refractivity contribution >= 4 is 16.9 Å². The Balaban J connectivity index is 3.11. The van der Waals surface area contributed by atoms with Gasteiger partial charge in [-0.25, -0.2) is 0 Å². The highest BCUT2D eigenvalue weighted by atomic mass is 32.1. The van der Waals surface area contributed by atoms with Crippen molar-refractivity contribution in [1.29, 1.82) is 21.0 Å². The van der Waals surface area contributed by atoms with Crippen molar-refractivity contribution in [1.82, 2.24) is 0 Å². The lowest BCUT2D eigenvalue weighted by Gasteiger charge is -1.99. The van der Waals surface area contributed by atoms with Crippen molar-refractivity contribution in [2.24, 2.45) is 0 Å². The zero-order valence-electron chi connectivity index (χ0n) is 13.0. The second kappa shape index (κ2) is 9.97. The van der Waals surface area contributed by atoms with Gasteiger partial charge in [0.05, 0.1) is 0 Å². The van der Waals surface area contributed by atoms with E-state index in [1.54, 1.807) is 12.1 Å². The van der Waals surface area contributed by atoms with Crippen LogP contribution in [0.25, 0.3) is 5.57 Å². The van der Waals surface area contributed by atoms with Crippen LogP contribution in [0.4, 0.5) is 0 Å². The van der Waals surface area contributed by atoms with Gasteiger partial charge in [0, 0.05) is 10.5 Å². The standard InChI is InChI=1S/C18H16N4S/c1-2-3-4-5-6-14-8-18(23-13-14)17(16(11-21)12-22)7-15(9-19)10-20/h7-8,13H,2-6H2,1H3. The summed E-state index contributed by atoms with van der Waals surface area (Å²) < 4.78 is 0. The molecule has 1 aromatic heterocycles. The first-order valence-electron chi connectivity index (χ1n) is 7.34. The third-order valence-corrected chi connectivity index (χ3v) is 4.27. The molecule has 0 N–H and O–H groups in total. The summed E-state index contributed by atoms with van der Waals surface area (Å²) in [7, 11) is 0. The zero-order valence-corrected chi connectivity index (χ0v) is 13.8. The molecule has 114 valence electrons. The molecule has 1 rings (SSSR count). The van der Waals surface area contributed by atoms with Gasteiger partial charge in [0.1, 0.15) is 35.4 Å². The highest BCUT2D eigenvalue weighted by Crippen LogP contribution is 2.28. The maximum absolute atomic E-state index is 9.10. The van der Waals surface area contributed by atoms with E-state index in [-0.39, 0.29) is 11.1 Å². The Labute approximate surface area is 140 Å². The van der Waals surface area contributed by atoms with E-state index in [9.17, 15) is 0 Å². The summed E-state index contributed by atoms with van der Waals surface area (Å²) in [6.07, 6.45) is 6.94. The molecule has 0 fully saturated rings. The highest BCUT2D eigenvalue weighted by Gasteiger charge is 2.11. The zero-order chi connectivity index (χ0) is 17.1. The number of aryl methyl sites for hydroxylation is 1. The molecule has 4 nitrogen and oxygen atoms in total. The number of rotatable bonds is 7. The maximum Gasteiger partial charge on any atom is 0.138 e. The summed E-state index contributed by atoms with van der Waals surface area (Å²) in [6, 6.07) is 9.13. The molecule has 0 aliphatic heterocycles. The van der Waals surface area contributed by atoms with E-state index in [4.69, 9.17) is 21.0 Å². The third-order valence-electron chi connectivity index (χ3n) is 3.26. The molecule has 23 heavy (non-hydrogen) atoms. The minimum absolute atomic E-state index is 0.0904. The lowest BCUT2D eigenvalue weighted by atomic mass is 10.0. The molecule has 0 atom stereocenters. The first-order chi connectivity index (χ1) is 11.2. The van der Waals surface area contributed by atoms with Gasteiger partial charge in [-0.1, -0.05) is 26.2 Å². The van der Waals surface area contributed by atoms with Gasteiger partial charge in [-0.3, -0.25) is 0 Å². The summed E-state index contributed by atoms with van der Waals surface area (Å²) in [5.74, 6) is 0. The van der Waals surface area contributed by atoms with Gasteiger partial charge in [-0.2, -0.15) is 21.0 Å². The third kappa shape index (κ3) is 5.44. The first-order valence-corrected chi connectivity index (χ1v) is 8.22. The van der Waals surface area contributed by atoms with E-state index in [0.29, 0.717) is 5.57 Å². The maximum atomic E-state index is 9.10. The predicted molar refractivity (Wildman–Crippen MR) is 89.6 cm³/mol. The van der Waals surface area contributed by atoms with Crippen LogP contribution in [0.5, 0.6) is 0 Å². The number of allylic oxidation sites excluding steroid dienone is 4. The topological polar surface area (TPSA) is 95.2 Å². The number of nitrogens with zero attached hydrogens (tertiary/aromatic N) is 4. The predicted octanol–water partition coefficient (Wildman–Crippen LogP) is 4.65. The average Bonchev–Trinajstić information content (AvgIpc) is 3.04. The van der Waals surface area contributed by atoms with Crippen LogP contribution in [0.15, 0.2) is 28.7 Å². The number of hydrogen-bond donors (Lipinski definition) is 0. The Hall–Kier alpha value is -2.86. The van der Waals surface area contributed by atoms with E-state index in [2.05, 4.69) is 6.92 Å². The second-order valence-electron chi connectivity index (χ2n) is 4.92. The lowest BCUT2D eigenvalue weighted by Crippen LogP contribution is -1.86. The van der Waals surface area contributed by atoms with Gasteiger partial charge >= 0.3 is 0 Å². The van der Waals surface area contributed by atoms with E-state index in [0.717, 1.165) is 23.3 Å². The van der Waals surface area contributed by atoms with Crippen LogP contribution in [0.1, 0.15) is 43.0 Å². The number of hydrogen-bond acceptors (Lipinski definition) is 5. The normalized spacial score (nSPS) is 8.91. The second-order valence-corrected chi connectivity index (χ2v) is 5.83. The van der Waals surface area contributed by atoms with Gasteiger partial charge < -0.3 is 0 Å². The van der Waals surface area contributed by atoms with Crippen LogP contribution < -0.4 is 0 Å². The van der Waals surface area contributed by atoms with E-state index >= 15 is 0 Å². The van der Waals surface area contributed by atoms with E-state index in [1.807, 2.05) is 23.6 Å². The molecule has 1 aromatic rings. The smallest absolute Gasteiger partial charge is 0.138 e. The van der Waals surface area contributed by atoms with Crippen LogP contribution in [0.3, 0.4) is 0 Å². The SMILES string of the molecule is CCCCCCc1csc(C(C=C(C#N)C#N)=C(C#N)C#N)c1. The minimum atomic E-state index is -0.124. The van der Waals surface area contributed by atoms with Crippen LogP contribution >= 0.6 is 11.3 Å². The Kier molecular flexibility index (Phi) is 7.88. The van der Waals surface area contributed by atoms with Crippen molar-refractivity contribution in [3.8, 4) is 24.3 Å². The van der Waals surface area contributed by atoms with Crippen molar-refractivity contribution in [3.63, 3.8) is 0 Å². The molecule has 0 saturated heterocycles. The fraction of sp³-hybridized carbons (Fsp3) is 0.333. The van der Waals surface area contributed by atoms with Crippen molar-refractivity contribution in [2.45, 2.75) is 39.0 Å². The molecular weight excluding hydrogens is 304 g/mol. The number of unbranched alkanes of at least 4 members (excludes halogenated alkanes) is 3. The fourth-order valence-corrected chi connectivity index (χ4v) is 3.02. The van der Waals surface area contributed by atoms with Crippen molar-refractivity contribution in [2.75, 3.05) is 0 Å². The van der Waals surface area contributed by atoms with Crippen LogP contribution in [-0.4, -0.2) is 0 Å². The van der Waals surface area contributed by atoms with Crippen LogP contribution in [0.2, 0.25) is 0 Å². The highest BCUT2D eigenvalue weighted by molar-refractivity contribution is 7.11. The average molecular weight is 320 g/mol. The summed E-state index contributed by atoms with van der Waals surface area (Å²) in [5.41, 5.74) is 1.28. The summed E-state index contributed by atoms with van der Waals surface area (Å²) in [5, 5.41) is 38.0. The monoisotopic (exact) mass is 320 g/mol. The van der Waals surface area contributed by atoms with E-state index in [1.165, 1.54) is 36.7 Å². The largest absolute Gasteiger partial charge is 0.192 e. The lowest BCUT2D eigenvalue weighted by molar-refractivity contribution is 0.667. The quantitative estimate of drug-likeness (QED) is 0.415. The molecule has 1 heterocycles. The van der Waals surface area contributed by atoms with Gasteiger partial charge in [-0.15, -0.1) is 11.3 Å². The first kappa shape index (κ1) is 18.2. The Morgan fingerprint density at radius 2 is 1.74 bits per heavy atom. The summed E-state index contributed by atoms with van der Waals surface area (Å²) in [4.78, 5) is 0.733. The van der Waals surface area contributed by atoms with Crippen LogP contribution in [0, 0.1) is 45.3 Å². The summed E-state index contributed by atoms with van der Waals surface area (Å²) >= 11 is 1.42. The van der Waals surface area contributed by atoms with Crippen molar-refractivity contribution in [3.05, 3.63) is 39.1 Å². The Morgan fingerprint density at radius 1 is 1.04 bits per heavy atom. The van der Waals surface area contributed by atoms with Gasteiger partial charge in [0.15, 0.2) is 0 Å². The number of thiophene rings is 1. The molecule has 0 spiro atoms. The molecule has 0 amide bonds. The molecule has 0 aromatic carbocycles. The van der Waals surface area contributed by atoms with Gasteiger partial charge in [-0.05, 0) is 35.9 Å². The summed E-state index contributed by atoms with van der Waals surface area (Å²) in [6.45, 7) is 2.17. The number of nitriles is 4. The minimum Gasteiger partial charge on any atom is -0.192 e. The van der Waals surface area contributed by atoms with Crippen LogP contribution in [-0.2, 0) is 6.42 Å². The Morgan fingerprint density at radius 3 is 2.30 bits per heavy atom. The van der Waals surface area contributed by atoms with E-state index < -0.39 is 0 Å². The molecule has 0 aliphatic carbocycles. The molecule has 0 unspecified atom stereocenters. The fourth-order valence-electron chi connectivity index (χ4n) is 2.05.